The van der Waals surface area contributed by atoms with Crippen molar-refractivity contribution >= 4 is 82.7 Å². The molecule has 3 aliphatic carbocycles. The molecule has 3 unspecified atom stereocenters. The lowest BCUT2D eigenvalue weighted by Gasteiger charge is -2.34. The van der Waals surface area contributed by atoms with Crippen LogP contribution in [-0.4, -0.2) is 178 Å². The van der Waals surface area contributed by atoms with E-state index in [2.05, 4.69) is 137 Å². The average molecular weight is 1780 g/mol. The van der Waals surface area contributed by atoms with Crippen LogP contribution in [0.1, 0.15) is 228 Å². The minimum Gasteiger partial charge on any atom is -0.490 e. The van der Waals surface area contributed by atoms with Gasteiger partial charge in [0.2, 0.25) is 0 Å². The Morgan fingerprint density at radius 3 is 0.913 bits per heavy atom. The molecule has 126 heavy (non-hydrogen) atoms. The maximum Gasteiger partial charge on any atom is 0.281 e. The molecule has 3 amide bonds. The zero-order chi connectivity index (χ0) is 88.6. The Kier molecular flexibility index (Phi) is 25.0. The van der Waals surface area contributed by atoms with Gasteiger partial charge in [-0.2, -0.15) is 40.5 Å². The van der Waals surface area contributed by atoms with Crippen molar-refractivity contribution in [1.29, 1.82) is 0 Å². The summed E-state index contributed by atoms with van der Waals surface area (Å²) >= 11 is 0. The number of nitrogens with one attached hydrogen (secondary N) is 6. The van der Waals surface area contributed by atoms with Gasteiger partial charge in [-0.1, -0.05) is 58.2 Å². The molecule has 0 aromatic carbocycles. The second-order valence-electron chi connectivity index (χ2n) is 38.3. The molecule has 6 N–H and O–H groups in total. The maximum absolute atomic E-state index is 13.6. The number of fused-ring (bicyclic) bond motifs is 18. The molecule has 15 heterocycles. The molecule has 9 aromatic rings. The van der Waals surface area contributed by atoms with Crippen molar-refractivity contribution in [1.82, 2.24) is 73.4 Å². The van der Waals surface area contributed by atoms with Crippen molar-refractivity contribution in [3.8, 4) is 34.7 Å². The van der Waals surface area contributed by atoms with Crippen LogP contribution in [0, 0.1) is 34.0 Å². The highest BCUT2D eigenvalue weighted by Crippen LogP contribution is 2.51. The van der Waals surface area contributed by atoms with E-state index in [4.69, 9.17) is 29.2 Å². The van der Waals surface area contributed by atoms with Gasteiger partial charge >= 0.3 is 0 Å². The molecule has 18 rings (SSSR count). The van der Waals surface area contributed by atoms with Crippen LogP contribution in [0.5, 0.6) is 17.2 Å². The fraction of sp³-hybridized carbons (Fsp3) is 0.533. The highest BCUT2D eigenvalue weighted by molar-refractivity contribution is 7.90. The van der Waals surface area contributed by atoms with Gasteiger partial charge in [-0.25, -0.2) is 58.1 Å². The van der Waals surface area contributed by atoms with Crippen molar-refractivity contribution in [3.63, 3.8) is 0 Å². The van der Waals surface area contributed by atoms with Crippen LogP contribution in [0.25, 0.3) is 17.5 Å². The largest absolute Gasteiger partial charge is 0.490 e. The van der Waals surface area contributed by atoms with E-state index in [-0.39, 0.29) is 48.4 Å². The minimum atomic E-state index is -4.23. The maximum atomic E-state index is 13.6. The molecule has 0 spiro atoms. The predicted molar refractivity (Wildman–Crippen MR) is 479 cm³/mol. The average Bonchev–Trinajstić information content (AvgIpc) is 1.61. The molecule has 0 radical (unpaired) electrons. The van der Waals surface area contributed by atoms with E-state index in [1.54, 1.807) is 124 Å². The number of amides is 3. The summed E-state index contributed by atoms with van der Waals surface area (Å²) in [7, 11) is -12.7. The quantitative estimate of drug-likeness (QED) is 0.0555. The molecule has 6 fully saturated rings. The number of carbonyl (C=O) groups is 3. The molecule has 9 aliphatic rings. The lowest BCUT2D eigenvalue weighted by Crippen LogP contribution is -2.41. The van der Waals surface area contributed by atoms with Crippen LogP contribution in [0.3, 0.4) is 0 Å². The van der Waals surface area contributed by atoms with Gasteiger partial charge in [0.1, 0.15) is 34.9 Å². The standard InChI is InChI=1S/3C30H39N7O4S/c3*1-29(2)17-21-7-4-5-15-31-24-8-6-9-26(33-24)42(39,40)35-28(38)23-10-11-25(34-27(23)36(29)19-21)37-20-22(18-32-37)41-16-14-30(3)12-13-30/h3*6,8-11,18,20-21H,4-5,7,12-17,19H2,1-3H3,(H,31,33)(H,35,38). The lowest BCUT2D eigenvalue weighted by molar-refractivity contribution is 0.0972. The SMILES string of the molecule is CC1(CCOc2cnn(-c3ccc4c(n3)N3CC(CCCCNc5cccc(n5)S(=O)(=O)NC4=O)CC3(C)C)c2)CC1.CC1(CCOc2cnn(-c3ccc4c(n3)N3CC(CCCCNc5cccc(n5)S(=O)(=O)NC4=O)CC3(C)C)c2)CC1.CC1(CCOc2cnn(-c3ccc4c(n3)N3CC(CCCCNc5cccc(n5)S(=O)(=O)NC4=O)CC3(C)C)c2)CC1. The highest BCUT2D eigenvalue weighted by atomic mass is 32.2. The third kappa shape index (κ3) is 21.1. The number of hydrogen-bond acceptors (Lipinski definition) is 27. The second-order valence-corrected chi connectivity index (χ2v) is 43.2. The van der Waals surface area contributed by atoms with Gasteiger partial charge in [0.15, 0.2) is 49.8 Å². The summed E-state index contributed by atoms with van der Waals surface area (Å²) in [4.78, 5) is 74.7. The topological polar surface area (TPSA) is 394 Å². The summed E-state index contributed by atoms with van der Waals surface area (Å²) in [6.45, 7) is 25.8. The fourth-order valence-electron chi connectivity index (χ4n) is 17.9. The molecule has 3 saturated heterocycles. The van der Waals surface area contributed by atoms with E-state index >= 15 is 0 Å². The number of ether oxygens (including phenoxy) is 3. The first-order valence-corrected chi connectivity index (χ1v) is 48.7. The summed E-state index contributed by atoms with van der Waals surface area (Å²) in [6.07, 6.45) is 32.7. The number of carbonyl (C=O) groups excluding carboxylic acids is 3. The monoisotopic (exact) mass is 1780 g/mol. The van der Waals surface area contributed by atoms with E-state index in [1.807, 2.05) is 0 Å². The Morgan fingerprint density at radius 2 is 0.643 bits per heavy atom. The first-order chi connectivity index (χ1) is 60.0. The Balaban J connectivity index is 0.000000139. The van der Waals surface area contributed by atoms with Crippen LogP contribution in [0.2, 0.25) is 0 Å². The molecule has 12 bridgehead atoms. The van der Waals surface area contributed by atoms with Gasteiger partial charge in [0, 0.05) is 55.9 Å². The number of hydrogen-bond donors (Lipinski definition) is 6. The van der Waals surface area contributed by atoms with Gasteiger partial charge in [-0.3, -0.25) is 14.4 Å². The second kappa shape index (κ2) is 35.7. The third-order valence-electron chi connectivity index (χ3n) is 26.3. The number of anilines is 6. The molecule has 672 valence electrons. The smallest absolute Gasteiger partial charge is 0.281 e. The molecule has 36 heteroatoms. The number of aromatic nitrogens is 12. The summed E-state index contributed by atoms with van der Waals surface area (Å²) < 4.78 is 109. The minimum absolute atomic E-state index is 0.179. The van der Waals surface area contributed by atoms with Crippen LogP contribution in [-0.2, 0) is 30.1 Å². The predicted octanol–water partition coefficient (Wildman–Crippen LogP) is 13.7. The molecular formula is C90H117N21O12S3. The van der Waals surface area contributed by atoms with Crippen molar-refractivity contribution < 1.29 is 53.8 Å². The van der Waals surface area contributed by atoms with E-state index in [0.717, 1.165) is 116 Å². The number of nitrogens with zero attached hydrogens (tertiary/aromatic N) is 15. The third-order valence-corrected chi connectivity index (χ3v) is 30.0. The number of pyridine rings is 6. The van der Waals surface area contributed by atoms with Gasteiger partial charge < -0.3 is 44.9 Å². The molecular weight excluding hydrogens is 1660 g/mol. The lowest BCUT2D eigenvalue weighted by atomic mass is 9.93. The van der Waals surface area contributed by atoms with Crippen LogP contribution in [0.4, 0.5) is 34.9 Å². The van der Waals surface area contributed by atoms with Crippen molar-refractivity contribution in [2.24, 2.45) is 34.0 Å². The van der Waals surface area contributed by atoms with E-state index < -0.39 is 47.8 Å². The summed E-state index contributed by atoms with van der Waals surface area (Å²) in [5, 5.41) is 22.4. The Labute approximate surface area is 737 Å². The van der Waals surface area contributed by atoms with E-state index in [9.17, 15) is 39.6 Å². The van der Waals surface area contributed by atoms with Crippen LogP contribution >= 0.6 is 0 Å². The normalized spacial score (nSPS) is 22.5. The Morgan fingerprint density at radius 1 is 0.365 bits per heavy atom. The molecule has 3 saturated carbocycles. The summed E-state index contributed by atoms with van der Waals surface area (Å²) in [5.74, 6) is 5.17. The molecule has 33 nitrogen and oxygen atoms in total. The van der Waals surface area contributed by atoms with Gasteiger partial charge in [-0.15, -0.1) is 0 Å². The van der Waals surface area contributed by atoms with Crippen molar-refractivity contribution in [2.45, 2.75) is 229 Å². The van der Waals surface area contributed by atoms with Crippen molar-refractivity contribution in [3.05, 3.63) is 145 Å². The van der Waals surface area contributed by atoms with Crippen LogP contribution < -0.4 is 59.0 Å². The number of rotatable bonds is 15. The summed E-state index contributed by atoms with van der Waals surface area (Å²) in [5.41, 5.74) is 0.887. The Hall–Kier alpha value is -11.0. The van der Waals surface area contributed by atoms with E-state index in [1.165, 1.54) is 56.7 Å². The molecule has 6 aliphatic heterocycles. The molecule has 3 atom stereocenters. The highest BCUT2D eigenvalue weighted by Gasteiger charge is 2.46. The van der Waals surface area contributed by atoms with Crippen LogP contribution in [0.15, 0.2) is 143 Å². The number of sulfonamides is 3. The summed E-state index contributed by atoms with van der Waals surface area (Å²) in [6, 6.07) is 24.0. The zero-order valence-electron chi connectivity index (χ0n) is 73.4. The zero-order valence-corrected chi connectivity index (χ0v) is 75.9. The first-order valence-electron chi connectivity index (χ1n) is 44.3. The van der Waals surface area contributed by atoms with E-state index in [0.29, 0.717) is 143 Å². The van der Waals surface area contributed by atoms with Gasteiger partial charge in [-0.05, 0) is 264 Å². The molecule has 9 aromatic heterocycles. The van der Waals surface area contributed by atoms with Gasteiger partial charge in [0.05, 0.1) is 73.7 Å². The fourth-order valence-corrected chi connectivity index (χ4v) is 20.7. The first kappa shape index (κ1) is 88.4. The Bertz CT molecular complexity index is 5300. The van der Waals surface area contributed by atoms with Gasteiger partial charge in [0.25, 0.3) is 47.8 Å². The van der Waals surface area contributed by atoms with Crippen molar-refractivity contribution in [2.75, 3.05) is 89.7 Å².